The molecular weight excluding hydrogens is 288 g/mol. The van der Waals surface area contributed by atoms with Gasteiger partial charge in [0.15, 0.2) is 0 Å². The number of hydrogen-bond acceptors (Lipinski definition) is 4. The highest BCUT2D eigenvalue weighted by Crippen LogP contribution is 2.28. The molecule has 0 bridgehead atoms. The predicted molar refractivity (Wildman–Crippen MR) is 92.2 cm³/mol. The Labute approximate surface area is 135 Å². The maximum Gasteiger partial charge on any atom is 0.340 e. The van der Waals surface area contributed by atoms with Crippen LogP contribution in [0.2, 0.25) is 0 Å². The molecule has 23 heavy (non-hydrogen) atoms. The van der Waals surface area contributed by atoms with E-state index in [9.17, 15) is 4.79 Å². The molecule has 116 valence electrons. The average molecular weight is 306 g/mol. The molecule has 1 N–H and O–H groups in total. The number of esters is 1. The van der Waals surface area contributed by atoms with Crippen LogP contribution in [-0.2, 0) is 4.74 Å². The molecule has 0 saturated carbocycles. The fourth-order valence-electron chi connectivity index (χ4n) is 2.50. The number of para-hydroxylation sites is 1. The Morgan fingerprint density at radius 2 is 1.78 bits per heavy atom. The number of benzene rings is 2. The predicted octanol–water partition coefficient (Wildman–Crippen LogP) is 4.46. The quantitative estimate of drug-likeness (QED) is 0.723. The number of aromatic nitrogens is 1. The average Bonchev–Trinajstić information content (AvgIpc) is 2.57. The molecule has 0 spiro atoms. The summed E-state index contributed by atoms with van der Waals surface area (Å²) in [6.45, 7) is 4.18. The number of aryl methyl sites for hydroxylation is 1. The van der Waals surface area contributed by atoms with Gasteiger partial charge in [0, 0.05) is 22.7 Å². The summed E-state index contributed by atoms with van der Waals surface area (Å²) in [4.78, 5) is 16.5. The highest BCUT2D eigenvalue weighted by Gasteiger charge is 2.14. The van der Waals surface area contributed by atoms with Crippen molar-refractivity contribution >= 4 is 28.2 Å². The largest absolute Gasteiger partial charge is 0.462 e. The van der Waals surface area contributed by atoms with Crippen molar-refractivity contribution in [1.29, 1.82) is 0 Å². The van der Waals surface area contributed by atoms with Crippen molar-refractivity contribution in [2.75, 3.05) is 11.9 Å². The highest BCUT2D eigenvalue weighted by molar-refractivity contribution is 6.07. The highest BCUT2D eigenvalue weighted by atomic mass is 16.5. The van der Waals surface area contributed by atoms with Gasteiger partial charge < -0.3 is 10.1 Å². The zero-order chi connectivity index (χ0) is 16.2. The van der Waals surface area contributed by atoms with Crippen molar-refractivity contribution in [2.45, 2.75) is 13.8 Å². The molecule has 1 heterocycles. The van der Waals surface area contributed by atoms with Crippen molar-refractivity contribution in [1.82, 2.24) is 4.98 Å². The summed E-state index contributed by atoms with van der Waals surface area (Å²) >= 11 is 0. The smallest absolute Gasteiger partial charge is 0.340 e. The third-order valence-electron chi connectivity index (χ3n) is 3.69. The lowest BCUT2D eigenvalue weighted by molar-refractivity contribution is 0.0528. The summed E-state index contributed by atoms with van der Waals surface area (Å²) in [6.07, 6.45) is 1.57. The van der Waals surface area contributed by atoms with E-state index in [2.05, 4.69) is 10.3 Å². The van der Waals surface area contributed by atoms with Crippen molar-refractivity contribution < 1.29 is 9.53 Å². The fourth-order valence-corrected chi connectivity index (χ4v) is 2.50. The summed E-state index contributed by atoms with van der Waals surface area (Å²) in [7, 11) is 0. The van der Waals surface area contributed by atoms with E-state index < -0.39 is 0 Å². The number of nitrogens with one attached hydrogen (secondary N) is 1. The number of ether oxygens (including phenoxy) is 1. The summed E-state index contributed by atoms with van der Waals surface area (Å²) in [5.74, 6) is 0.376. The third-order valence-corrected chi connectivity index (χ3v) is 3.69. The maximum atomic E-state index is 12.1. The topological polar surface area (TPSA) is 51.2 Å². The Bertz CT molecular complexity index is 859. The van der Waals surface area contributed by atoms with Gasteiger partial charge in [0.1, 0.15) is 5.82 Å². The minimum atomic E-state index is -0.348. The standard InChI is InChI=1S/C19H18N2O2/c1-3-23-19(22)16-12-20-18(15-10-6-5-9-14(15)16)21-17-11-7-4-8-13(17)2/h4-12H,3H2,1-2H3,(H,20,21). The molecule has 0 atom stereocenters. The molecule has 0 radical (unpaired) electrons. The number of anilines is 2. The van der Waals surface area contributed by atoms with Crippen LogP contribution in [0.25, 0.3) is 10.8 Å². The van der Waals surface area contributed by atoms with Gasteiger partial charge in [-0.25, -0.2) is 9.78 Å². The number of fused-ring (bicyclic) bond motifs is 1. The second kappa shape index (κ2) is 6.48. The molecule has 0 amide bonds. The molecule has 4 heteroatoms. The minimum Gasteiger partial charge on any atom is -0.462 e. The number of hydrogen-bond donors (Lipinski definition) is 1. The minimum absolute atomic E-state index is 0.344. The Hall–Kier alpha value is -2.88. The van der Waals surface area contributed by atoms with E-state index in [0.717, 1.165) is 27.8 Å². The zero-order valence-corrected chi connectivity index (χ0v) is 13.2. The monoisotopic (exact) mass is 306 g/mol. The molecule has 2 aromatic carbocycles. The van der Waals surface area contributed by atoms with Gasteiger partial charge in [0.25, 0.3) is 0 Å². The van der Waals surface area contributed by atoms with Gasteiger partial charge in [-0.2, -0.15) is 0 Å². The molecule has 0 fully saturated rings. The van der Waals surface area contributed by atoms with Gasteiger partial charge in [0.2, 0.25) is 0 Å². The Balaban J connectivity index is 2.08. The summed E-state index contributed by atoms with van der Waals surface area (Å²) in [5.41, 5.74) is 2.61. The second-order valence-corrected chi connectivity index (χ2v) is 5.23. The van der Waals surface area contributed by atoms with Gasteiger partial charge in [-0.3, -0.25) is 0 Å². The van der Waals surface area contributed by atoms with Crippen LogP contribution in [-0.4, -0.2) is 17.6 Å². The number of carbonyl (C=O) groups excluding carboxylic acids is 1. The van der Waals surface area contributed by atoms with Crippen LogP contribution < -0.4 is 5.32 Å². The third kappa shape index (κ3) is 3.01. The van der Waals surface area contributed by atoms with E-state index in [4.69, 9.17) is 4.74 Å². The normalized spacial score (nSPS) is 10.5. The molecule has 0 aliphatic heterocycles. The Kier molecular flexibility index (Phi) is 4.24. The van der Waals surface area contributed by atoms with E-state index in [0.29, 0.717) is 12.2 Å². The SMILES string of the molecule is CCOC(=O)c1cnc(Nc2ccccc2C)c2ccccc12. The van der Waals surface area contributed by atoms with Gasteiger partial charge in [-0.05, 0) is 25.5 Å². The van der Waals surface area contributed by atoms with Gasteiger partial charge >= 0.3 is 5.97 Å². The summed E-state index contributed by atoms with van der Waals surface area (Å²) in [5, 5.41) is 5.07. The first kappa shape index (κ1) is 15.0. The molecule has 4 nitrogen and oxygen atoms in total. The first-order chi connectivity index (χ1) is 11.2. The fraction of sp³-hybridized carbons (Fsp3) is 0.158. The van der Waals surface area contributed by atoms with Gasteiger partial charge in [-0.1, -0.05) is 42.5 Å². The molecular formula is C19H18N2O2. The molecule has 0 aliphatic rings. The van der Waals surface area contributed by atoms with Crippen LogP contribution in [0.5, 0.6) is 0 Å². The van der Waals surface area contributed by atoms with E-state index in [1.807, 2.05) is 55.5 Å². The molecule has 1 aromatic heterocycles. The van der Waals surface area contributed by atoms with Crippen LogP contribution in [0, 0.1) is 6.92 Å². The van der Waals surface area contributed by atoms with Crippen LogP contribution in [0.15, 0.2) is 54.7 Å². The molecule has 0 saturated heterocycles. The van der Waals surface area contributed by atoms with Crippen LogP contribution in [0.3, 0.4) is 0 Å². The van der Waals surface area contributed by atoms with E-state index in [1.54, 1.807) is 13.1 Å². The van der Waals surface area contributed by atoms with Gasteiger partial charge in [-0.15, -0.1) is 0 Å². The summed E-state index contributed by atoms with van der Waals surface area (Å²) in [6, 6.07) is 15.7. The molecule has 3 aromatic rings. The maximum absolute atomic E-state index is 12.1. The second-order valence-electron chi connectivity index (χ2n) is 5.23. The van der Waals surface area contributed by atoms with Crippen LogP contribution in [0.1, 0.15) is 22.8 Å². The van der Waals surface area contributed by atoms with Crippen LogP contribution >= 0.6 is 0 Å². The molecule has 3 rings (SSSR count). The Morgan fingerprint density at radius 3 is 2.52 bits per heavy atom. The van der Waals surface area contributed by atoms with Crippen molar-refractivity contribution in [3.8, 4) is 0 Å². The zero-order valence-electron chi connectivity index (χ0n) is 13.2. The lowest BCUT2D eigenvalue weighted by Gasteiger charge is -2.13. The van der Waals surface area contributed by atoms with E-state index in [1.165, 1.54) is 0 Å². The van der Waals surface area contributed by atoms with Crippen LogP contribution in [0.4, 0.5) is 11.5 Å². The van der Waals surface area contributed by atoms with Gasteiger partial charge in [0.05, 0.1) is 12.2 Å². The van der Waals surface area contributed by atoms with Crippen molar-refractivity contribution in [3.63, 3.8) is 0 Å². The lowest BCUT2D eigenvalue weighted by Crippen LogP contribution is -2.07. The number of nitrogens with zero attached hydrogens (tertiary/aromatic N) is 1. The first-order valence-corrected chi connectivity index (χ1v) is 7.58. The number of carbonyl (C=O) groups is 1. The van der Waals surface area contributed by atoms with Crippen molar-refractivity contribution in [3.05, 3.63) is 65.9 Å². The number of rotatable bonds is 4. The first-order valence-electron chi connectivity index (χ1n) is 7.58. The van der Waals surface area contributed by atoms with E-state index in [-0.39, 0.29) is 5.97 Å². The Morgan fingerprint density at radius 1 is 1.09 bits per heavy atom. The summed E-state index contributed by atoms with van der Waals surface area (Å²) < 4.78 is 5.11. The number of pyridine rings is 1. The lowest BCUT2D eigenvalue weighted by atomic mass is 10.1. The molecule has 0 unspecified atom stereocenters. The van der Waals surface area contributed by atoms with Crippen molar-refractivity contribution in [2.24, 2.45) is 0 Å². The van der Waals surface area contributed by atoms with E-state index >= 15 is 0 Å². The molecule has 0 aliphatic carbocycles.